The van der Waals surface area contributed by atoms with Gasteiger partial charge in [-0.2, -0.15) is 4.31 Å². The molecule has 0 radical (unpaired) electrons. The van der Waals surface area contributed by atoms with Crippen molar-refractivity contribution in [2.75, 3.05) is 13.2 Å². The molecule has 5 nitrogen and oxygen atoms in total. The molecule has 1 aliphatic heterocycles. The van der Waals surface area contributed by atoms with Gasteiger partial charge in [0.25, 0.3) is 0 Å². The molecule has 2 rings (SSSR count). The molecule has 3 N–H and O–H groups in total. The Balaban J connectivity index is 2.37. The smallest absolute Gasteiger partial charge is 0.243 e. The summed E-state index contributed by atoms with van der Waals surface area (Å²) in [5.41, 5.74) is 6.25. The average Bonchev–Trinajstić information content (AvgIpc) is 2.72. The molecule has 1 unspecified atom stereocenters. The molecule has 1 aromatic carbocycles. The van der Waals surface area contributed by atoms with Crippen LogP contribution in [-0.4, -0.2) is 37.0 Å². The first-order valence-electron chi connectivity index (χ1n) is 7.12. The van der Waals surface area contributed by atoms with Crippen LogP contribution in [0.2, 0.25) is 5.02 Å². The highest BCUT2D eigenvalue weighted by molar-refractivity contribution is 7.89. The lowest BCUT2D eigenvalue weighted by molar-refractivity contribution is 0.186. The van der Waals surface area contributed by atoms with Crippen molar-refractivity contribution in [1.29, 1.82) is 0 Å². The van der Waals surface area contributed by atoms with Gasteiger partial charge in [-0.1, -0.05) is 30.5 Å². The SMILES string of the molecule is NCc1ccc(S(=O)(=O)N2CCCCCC2CO)cc1Cl. The summed E-state index contributed by atoms with van der Waals surface area (Å²) in [5.74, 6) is 0. The second kappa shape index (κ2) is 7.07. The third kappa shape index (κ3) is 3.57. The number of hydrogen-bond donors (Lipinski definition) is 2. The van der Waals surface area contributed by atoms with Gasteiger partial charge in [-0.25, -0.2) is 8.42 Å². The molecule has 1 fully saturated rings. The van der Waals surface area contributed by atoms with E-state index in [-0.39, 0.29) is 24.1 Å². The number of nitrogens with zero attached hydrogens (tertiary/aromatic N) is 1. The molecular weight excluding hydrogens is 312 g/mol. The molecule has 1 heterocycles. The summed E-state index contributed by atoms with van der Waals surface area (Å²) < 4.78 is 27.0. The van der Waals surface area contributed by atoms with Gasteiger partial charge in [-0.3, -0.25) is 0 Å². The number of halogens is 1. The Hall–Kier alpha value is -0.660. The zero-order valence-corrected chi connectivity index (χ0v) is 13.4. The molecule has 0 aliphatic carbocycles. The maximum absolute atomic E-state index is 12.8. The standard InChI is InChI=1S/C14H21ClN2O3S/c15-14-8-13(6-5-11(14)9-16)21(19,20)17-7-3-1-2-4-12(17)10-18/h5-6,8,12,18H,1-4,7,9-10,16H2. The van der Waals surface area contributed by atoms with Crippen LogP contribution >= 0.6 is 11.6 Å². The van der Waals surface area contributed by atoms with Crippen LogP contribution in [0, 0.1) is 0 Å². The predicted molar refractivity (Wildman–Crippen MR) is 82.6 cm³/mol. The monoisotopic (exact) mass is 332 g/mol. The fourth-order valence-electron chi connectivity index (χ4n) is 2.64. The molecule has 1 aromatic rings. The maximum atomic E-state index is 12.8. The van der Waals surface area contributed by atoms with Gasteiger partial charge in [0.15, 0.2) is 0 Å². The zero-order chi connectivity index (χ0) is 15.5. The summed E-state index contributed by atoms with van der Waals surface area (Å²) in [6, 6.07) is 4.26. The molecule has 21 heavy (non-hydrogen) atoms. The van der Waals surface area contributed by atoms with E-state index in [0.717, 1.165) is 19.3 Å². The summed E-state index contributed by atoms with van der Waals surface area (Å²) in [7, 11) is -3.65. The largest absolute Gasteiger partial charge is 0.395 e. The Morgan fingerprint density at radius 1 is 1.33 bits per heavy atom. The lowest BCUT2D eigenvalue weighted by Crippen LogP contribution is -2.42. The van der Waals surface area contributed by atoms with E-state index in [4.69, 9.17) is 17.3 Å². The number of hydrogen-bond acceptors (Lipinski definition) is 4. The van der Waals surface area contributed by atoms with Crippen molar-refractivity contribution < 1.29 is 13.5 Å². The first kappa shape index (κ1) is 16.7. The van der Waals surface area contributed by atoms with E-state index in [2.05, 4.69) is 0 Å². The van der Waals surface area contributed by atoms with E-state index in [0.29, 0.717) is 23.6 Å². The van der Waals surface area contributed by atoms with Gasteiger partial charge in [-0.05, 0) is 30.5 Å². The van der Waals surface area contributed by atoms with Crippen molar-refractivity contribution in [2.24, 2.45) is 5.73 Å². The fourth-order valence-corrected chi connectivity index (χ4v) is 4.67. The molecule has 0 bridgehead atoms. The number of rotatable bonds is 4. The summed E-state index contributed by atoms with van der Waals surface area (Å²) in [6.07, 6.45) is 3.41. The van der Waals surface area contributed by atoms with Crippen molar-refractivity contribution in [3.05, 3.63) is 28.8 Å². The maximum Gasteiger partial charge on any atom is 0.243 e. The fraction of sp³-hybridized carbons (Fsp3) is 0.571. The second-order valence-electron chi connectivity index (χ2n) is 5.26. The van der Waals surface area contributed by atoms with Gasteiger partial charge in [0, 0.05) is 24.2 Å². The van der Waals surface area contributed by atoms with Gasteiger partial charge in [0.2, 0.25) is 10.0 Å². The average molecular weight is 333 g/mol. The Morgan fingerprint density at radius 2 is 2.10 bits per heavy atom. The summed E-state index contributed by atoms with van der Waals surface area (Å²) in [5, 5.41) is 9.84. The Kier molecular flexibility index (Phi) is 5.62. The van der Waals surface area contributed by atoms with Gasteiger partial charge in [-0.15, -0.1) is 0 Å². The molecule has 118 valence electrons. The summed E-state index contributed by atoms with van der Waals surface area (Å²) >= 11 is 6.06. The van der Waals surface area contributed by atoms with E-state index in [1.54, 1.807) is 6.07 Å². The molecule has 0 saturated carbocycles. The van der Waals surface area contributed by atoms with Crippen LogP contribution < -0.4 is 5.73 Å². The van der Waals surface area contributed by atoms with Crippen LogP contribution in [0.25, 0.3) is 0 Å². The first-order valence-corrected chi connectivity index (χ1v) is 8.93. The highest BCUT2D eigenvalue weighted by Crippen LogP contribution is 2.27. The van der Waals surface area contributed by atoms with E-state index < -0.39 is 10.0 Å². The molecule has 7 heteroatoms. The van der Waals surface area contributed by atoms with E-state index in [9.17, 15) is 13.5 Å². The van der Waals surface area contributed by atoms with Crippen LogP contribution in [-0.2, 0) is 16.6 Å². The lowest BCUT2D eigenvalue weighted by Gasteiger charge is -2.27. The molecule has 1 saturated heterocycles. The molecule has 1 atom stereocenters. The minimum absolute atomic E-state index is 0.157. The number of sulfonamides is 1. The van der Waals surface area contributed by atoms with Crippen molar-refractivity contribution >= 4 is 21.6 Å². The van der Waals surface area contributed by atoms with Crippen LogP contribution in [0.4, 0.5) is 0 Å². The zero-order valence-electron chi connectivity index (χ0n) is 11.8. The second-order valence-corrected chi connectivity index (χ2v) is 7.56. The predicted octanol–water partition coefficient (Wildman–Crippen LogP) is 1.72. The van der Waals surface area contributed by atoms with Gasteiger partial charge < -0.3 is 10.8 Å². The Morgan fingerprint density at radius 3 is 2.71 bits per heavy atom. The van der Waals surface area contributed by atoms with Gasteiger partial charge >= 0.3 is 0 Å². The number of benzene rings is 1. The van der Waals surface area contributed by atoms with Crippen molar-refractivity contribution in [3.8, 4) is 0 Å². The minimum atomic E-state index is -3.65. The van der Waals surface area contributed by atoms with Crippen molar-refractivity contribution in [3.63, 3.8) is 0 Å². The van der Waals surface area contributed by atoms with Crippen LogP contribution in [0.15, 0.2) is 23.1 Å². The van der Waals surface area contributed by atoms with E-state index in [1.165, 1.54) is 16.4 Å². The van der Waals surface area contributed by atoms with E-state index in [1.807, 2.05) is 0 Å². The highest BCUT2D eigenvalue weighted by atomic mass is 35.5. The van der Waals surface area contributed by atoms with Gasteiger partial charge in [0.1, 0.15) is 0 Å². The van der Waals surface area contributed by atoms with Crippen LogP contribution in [0.1, 0.15) is 31.2 Å². The first-order chi connectivity index (χ1) is 10.0. The minimum Gasteiger partial charge on any atom is -0.395 e. The normalized spacial score (nSPS) is 21.2. The molecule has 0 spiro atoms. The highest BCUT2D eigenvalue weighted by Gasteiger charge is 2.32. The van der Waals surface area contributed by atoms with Gasteiger partial charge in [0.05, 0.1) is 11.5 Å². The van der Waals surface area contributed by atoms with Crippen LogP contribution in [0.5, 0.6) is 0 Å². The molecule has 0 amide bonds. The lowest BCUT2D eigenvalue weighted by atomic mass is 10.1. The van der Waals surface area contributed by atoms with E-state index >= 15 is 0 Å². The number of aliphatic hydroxyl groups is 1. The topological polar surface area (TPSA) is 83.6 Å². The number of aliphatic hydroxyl groups excluding tert-OH is 1. The third-order valence-corrected chi connectivity index (χ3v) is 6.18. The van der Waals surface area contributed by atoms with Crippen molar-refractivity contribution in [1.82, 2.24) is 4.31 Å². The number of nitrogens with two attached hydrogens (primary N) is 1. The van der Waals surface area contributed by atoms with Crippen LogP contribution in [0.3, 0.4) is 0 Å². The summed E-state index contributed by atoms with van der Waals surface area (Å²) in [4.78, 5) is 0.157. The van der Waals surface area contributed by atoms with Crippen molar-refractivity contribution in [2.45, 2.75) is 43.2 Å². The Bertz CT molecular complexity index is 592. The molecule has 0 aromatic heterocycles. The molecule has 1 aliphatic rings. The molecular formula is C14H21ClN2O3S. The quantitative estimate of drug-likeness (QED) is 0.879. The Labute approximate surface area is 130 Å². The third-order valence-electron chi connectivity index (χ3n) is 3.88. The summed E-state index contributed by atoms with van der Waals surface area (Å²) in [6.45, 7) is 0.541.